The van der Waals surface area contributed by atoms with Crippen LogP contribution in [0, 0.1) is 6.92 Å². The molecule has 0 unspecified atom stereocenters. The monoisotopic (exact) mass is 281 g/mol. The van der Waals surface area contributed by atoms with Gasteiger partial charge < -0.3 is 5.32 Å². The molecule has 0 spiro atoms. The van der Waals surface area contributed by atoms with Gasteiger partial charge in [-0.3, -0.25) is 14.2 Å². The maximum atomic E-state index is 11.8. The number of rotatable bonds is 5. The molecule has 2 heterocycles. The normalized spacial score (nSPS) is 10.7. The lowest BCUT2D eigenvalue weighted by atomic mass is 10.3. The summed E-state index contributed by atoms with van der Waals surface area (Å²) in [6.45, 7) is 3.33. The van der Waals surface area contributed by atoms with Crippen LogP contribution in [0.25, 0.3) is 0 Å². The van der Waals surface area contributed by atoms with Crippen LogP contribution in [-0.2, 0) is 13.6 Å². The molecule has 1 N–H and O–H groups in total. The Bertz CT molecular complexity index is 574. The van der Waals surface area contributed by atoms with Gasteiger partial charge in [0.2, 0.25) is 0 Å². The van der Waals surface area contributed by atoms with Gasteiger partial charge in [0.05, 0.1) is 5.02 Å². The van der Waals surface area contributed by atoms with E-state index in [1.165, 1.54) is 4.68 Å². The number of carbonyl (C=O) groups is 1. The molecular weight excluding hydrogens is 266 g/mol. The van der Waals surface area contributed by atoms with Crippen molar-refractivity contribution in [3.8, 4) is 0 Å². The zero-order valence-electron chi connectivity index (χ0n) is 10.9. The number of halogens is 1. The van der Waals surface area contributed by atoms with E-state index in [0.717, 1.165) is 18.7 Å². The first-order chi connectivity index (χ1) is 9.08. The second kappa shape index (κ2) is 5.88. The summed E-state index contributed by atoms with van der Waals surface area (Å²) in [4.78, 5) is 11.8. The molecule has 6 nitrogen and oxygen atoms in total. The minimum Gasteiger partial charge on any atom is -0.351 e. The van der Waals surface area contributed by atoms with E-state index in [9.17, 15) is 4.79 Å². The van der Waals surface area contributed by atoms with Crippen LogP contribution < -0.4 is 5.32 Å². The fourth-order valence-electron chi connectivity index (χ4n) is 1.76. The van der Waals surface area contributed by atoms with Crippen molar-refractivity contribution in [3.05, 3.63) is 34.9 Å². The largest absolute Gasteiger partial charge is 0.351 e. The summed E-state index contributed by atoms with van der Waals surface area (Å²) >= 11 is 5.90. The van der Waals surface area contributed by atoms with Crippen molar-refractivity contribution in [2.45, 2.75) is 19.9 Å². The van der Waals surface area contributed by atoms with Crippen molar-refractivity contribution >= 4 is 17.5 Å². The maximum absolute atomic E-state index is 11.8. The average molecular weight is 282 g/mol. The third kappa shape index (κ3) is 3.35. The highest BCUT2D eigenvalue weighted by Gasteiger charge is 2.13. The Morgan fingerprint density at radius 1 is 1.53 bits per heavy atom. The van der Waals surface area contributed by atoms with E-state index in [0.29, 0.717) is 11.6 Å². The number of amides is 1. The van der Waals surface area contributed by atoms with Gasteiger partial charge in [0.1, 0.15) is 0 Å². The molecule has 0 aliphatic heterocycles. The van der Waals surface area contributed by atoms with Crippen molar-refractivity contribution in [2.75, 3.05) is 6.54 Å². The van der Waals surface area contributed by atoms with Crippen LogP contribution in [0.5, 0.6) is 0 Å². The molecule has 0 bridgehead atoms. The summed E-state index contributed by atoms with van der Waals surface area (Å²) in [5.41, 5.74) is 1.37. The molecule has 0 fully saturated rings. The predicted molar refractivity (Wildman–Crippen MR) is 72.1 cm³/mol. The molecule has 2 aromatic rings. The molecule has 0 radical (unpaired) electrons. The zero-order chi connectivity index (χ0) is 13.8. The molecule has 1 amide bonds. The molecule has 0 saturated heterocycles. The van der Waals surface area contributed by atoms with Gasteiger partial charge in [0.25, 0.3) is 5.91 Å². The first-order valence-corrected chi connectivity index (χ1v) is 6.41. The Balaban J connectivity index is 1.78. The molecule has 2 aromatic heterocycles. The summed E-state index contributed by atoms with van der Waals surface area (Å²) < 4.78 is 3.42. The van der Waals surface area contributed by atoms with Crippen LogP contribution in [0.4, 0.5) is 0 Å². The zero-order valence-corrected chi connectivity index (χ0v) is 11.7. The van der Waals surface area contributed by atoms with E-state index in [1.807, 2.05) is 17.7 Å². The number of hydrogen-bond acceptors (Lipinski definition) is 3. The second-order valence-electron chi connectivity index (χ2n) is 4.30. The molecule has 2 rings (SSSR count). The van der Waals surface area contributed by atoms with Crippen molar-refractivity contribution in [1.29, 1.82) is 0 Å². The fraction of sp³-hybridized carbons (Fsp3) is 0.417. The van der Waals surface area contributed by atoms with Gasteiger partial charge in [0, 0.05) is 38.2 Å². The predicted octanol–water partition coefficient (Wildman–Crippen LogP) is 1.40. The molecular formula is C12H16ClN5O. The Hall–Kier alpha value is -1.82. The summed E-state index contributed by atoms with van der Waals surface area (Å²) in [6, 6.07) is 1.95. The van der Waals surface area contributed by atoms with Crippen LogP contribution in [0.3, 0.4) is 0 Å². The van der Waals surface area contributed by atoms with Crippen molar-refractivity contribution in [3.63, 3.8) is 0 Å². The van der Waals surface area contributed by atoms with E-state index >= 15 is 0 Å². The van der Waals surface area contributed by atoms with Crippen LogP contribution >= 0.6 is 11.6 Å². The van der Waals surface area contributed by atoms with Crippen LogP contribution in [0.15, 0.2) is 18.5 Å². The number of aromatic nitrogens is 4. The maximum Gasteiger partial charge on any atom is 0.273 e. The van der Waals surface area contributed by atoms with Gasteiger partial charge in [0.15, 0.2) is 5.69 Å². The van der Waals surface area contributed by atoms with E-state index in [4.69, 9.17) is 11.6 Å². The smallest absolute Gasteiger partial charge is 0.273 e. The third-order valence-corrected chi connectivity index (χ3v) is 3.04. The van der Waals surface area contributed by atoms with E-state index in [-0.39, 0.29) is 11.6 Å². The lowest BCUT2D eigenvalue weighted by Gasteiger charge is -2.05. The Labute approximate surface area is 116 Å². The molecule has 102 valence electrons. The molecule has 0 aromatic carbocycles. The van der Waals surface area contributed by atoms with E-state index in [1.54, 1.807) is 19.4 Å². The molecule has 19 heavy (non-hydrogen) atoms. The van der Waals surface area contributed by atoms with Crippen molar-refractivity contribution < 1.29 is 4.79 Å². The topological polar surface area (TPSA) is 64.7 Å². The fourth-order valence-corrected chi connectivity index (χ4v) is 2.03. The van der Waals surface area contributed by atoms with Gasteiger partial charge in [-0.25, -0.2) is 0 Å². The number of carbonyl (C=O) groups excluding carboxylic acids is 1. The number of nitrogens with zero attached hydrogens (tertiary/aromatic N) is 4. The summed E-state index contributed by atoms with van der Waals surface area (Å²) in [5, 5.41) is 11.3. The molecule has 0 atom stereocenters. The summed E-state index contributed by atoms with van der Waals surface area (Å²) in [6.07, 6.45) is 4.17. The Morgan fingerprint density at radius 2 is 2.32 bits per heavy atom. The summed E-state index contributed by atoms with van der Waals surface area (Å²) in [7, 11) is 1.73. The molecule has 0 aliphatic carbocycles. The SMILES string of the molecule is Cc1ccnn1CCCNC(=O)c1nn(C)cc1Cl. The van der Waals surface area contributed by atoms with Crippen LogP contribution in [0.1, 0.15) is 22.6 Å². The lowest BCUT2D eigenvalue weighted by Crippen LogP contribution is -2.26. The highest BCUT2D eigenvalue weighted by atomic mass is 35.5. The van der Waals surface area contributed by atoms with Gasteiger partial charge >= 0.3 is 0 Å². The number of nitrogens with one attached hydrogen (secondary N) is 1. The lowest BCUT2D eigenvalue weighted by molar-refractivity contribution is 0.0947. The quantitative estimate of drug-likeness (QED) is 0.843. The highest BCUT2D eigenvalue weighted by Crippen LogP contribution is 2.12. The summed E-state index contributed by atoms with van der Waals surface area (Å²) in [5.74, 6) is -0.247. The second-order valence-corrected chi connectivity index (χ2v) is 4.71. The van der Waals surface area contributed by atoms with Gasteiger partial charge in [-0.2, -0.15) is 10.2 Å². The molecule has 0 aliphatic rings. The van der Waals surface area contributed by atoms with E-state index in [2.05, 4.69) is 15.5 Å². The highest BCUT2D eigenvalue weighted by molar-refractivity contribution is 6.33. The minimum absolute atomic E-state index is 0.247. The van der Waals surface area contributed by atoms with Gasteiger partial charge in [-0.15, -0.1) is 0 Å². The standard InChI is InChI=1S/C12H16ClN5O/c1-9-4-6-15-18(9)7-3-5-14-12(19)11-10(13)8-17(2)16-11/h4,6,8H,3,5,7H2,1-2H3,(H,14,19). The first kappa shape index (κ1) is 13.6. The third-order valence-electron chi connectivity index (χ3n) is 2.76. The Kier molecular flexibility index (Phi) is 4.21. The van der Waals surface area contributed by atoms with Gasteiger partial charge in [-0.05, 0) is 19.4 Å². The van der Waals surface area contributed by atoms with Crippen LogP contribution in [-0.4, -0.2) is 32.0 Å². The van der Waals surface area contributed by atoms with Crippen molar-refractivity contribution in [2.24, 2.45) is 7.05 Å². The minimum atomic E-state index is -0.247. The average Bonchev–Trinajstić information content (AvgIpc) is 2.91. The van der Waals surface area contributed by atoms with E-state index < -0.39 is 0 Å². The van der Waals surface area contributed by atoms with Gasteiger partial charge in [-0.1, -0.05) is 11.6 Å². The number of aryl methyl sites for hydroxylation is 3. The molecule has 0 saturated carbocycles. The Morgan fingerprint density at radius 3 is 2.89 bits per heavy atom. The van der Waals surface area contributed by atoms with Crippen LogP contribution in [0.2, 0.25) is 5.02 Å². The first-order valence-electron chi connectivity index (χ1n) is 6.03. The number of hydrogen-bond donors (Lipinski definition) is 1. The van der Waals surface area contributed by atoms with Crippen molar-refractivity contribution in [1.82, 2.24) is 24.9 Å². The molecule has 7 heteroatoms.